The fourth-order valence-electron chi connectivity index (χ4n) is 2.59. The van der Waals surface area contributed by atoms with Crippen LogP contribution in [-0.2, 0) is 25.0 Å². The van der Waals surface area contributed by atoms with Crippen molar-refractivity contribution in [3.05, 3.63) is 74.4 Å². The summed E-state index contributed by atoms with van der Waals surface area (Å²) in [4.78, 5) is 21.0. The number of rotatable bonds is 4. The Balaban J connectivity index is 2.20. The van der Waals surface area contributed by atoms with Crippen molar-refractivity contribution < 1.29 is 41.1 Å². The Kier molecular flexibility index (Phi) is 5.47. The number of carbonyl (C=O) groups is 1. The molecule has 0 radical (unpaired) electrons. The molecule has 162 valence electrons. The molecule has 0 aromatic heterocycles. The van der Waals surface area contributed by atoms with Crippen LogP contribution in [0.15, 0.2) is 74.5 Å². The molecule has 4 N–H and O–H groups in total. The Hall–Kier alpha value is -3.50. The van der Waals surface area contributed by atoms with E-state index in [9.17, 15) is 46.3 Å². The molecule has 0 saturated heterocycles. The van der Waals surface area contributed by atoms with Crippen molar-refractivity contribution in [2.45, 2.75) is 0 Å². The highest BCUT2D eigenvalue weighted by Gasteiger charge is 2.34. The molecule has 0 fully saturated rings. The third-order valence-corrected chi connectivity index (χ3v) is 5.74. The smallest absolute Gasteiger partial charge is 0.298 e. The Morgan fingerprint density at radius 3 is 2.26 bits per heavy atom. The first-order chi connectivity index (χ1) is 14.3. The lowest BCUT2D eigenvalue weighted by Gasteiger charge is -2.18. The van der Waals surface area contributed by atoms with Crippen molar-refractivity contribution >= 4 is 42.2 Å². The molecule has 1 aromatic rings. The monoisotopic (exact) mass is 469 g/mol. The van der Waals surface area contributed by atoms with Crippen molar-refractivity contribution in [2.24, 2.45) is 10.2 Å². The highest BCUT2D eigenvalue weighted by atomic mass is 32.2. The average molecular weight is 469 g/mol. The van der Waals surface area contributed by atoms with Gasteiger partial charge in [-0.05, 0) is 29.9 Å². The molecule has 0 spiro atoms. The fourth-order valence-corrected chi connectivity index (χ4v) is 3.72. The number of Topliss-reactive ketones (excluding diaryl/α,β-unsaturated/α-hetero) is 1. The molecule has 0 unspecified atom stereocenters. The Bertz CT molecular complexity index is 1410. The summed E-state index contributed by atoms with van der Waals surface area (Å²) in [5.41, 5.74) is -1.76. The number of phenolic OH excluding ortho intramolecular Hbond substituents is 1. The van der Waals surface area contributed by atoms with E-state index in [-0.39, 0.29) is 11.1 Å². The standard InChI is InChI=1S/C16H11N3O10S2/c20-13-4-1-9(19(22)23)7-12(13)17-18-15-11-3-2-10(30(24,25)26)5-8(11)6-14(16(15)21)31(27,28)29/h1-7,20H,(H2,24,25,26)(H,27,28,29). The van der Waals surface area contributed by atoms with Crippen LogP contribution in [0.25, 0.3) is 0 Å². The quantitative estimate of drug-likeness (QED) is 0.165. The van der Waals surface area contributed by atoms with E-state index in [2.05, 4.69) is 10.2 Å². The maximum absolute atomic E-state index is 12.6. The normalized spacial score (nSPS) is 17.0. The summed E-state index contributed by atoms with van der Waals surface area (Å²) in [5, 5.41) is 27.8. The van der Waals surface area contributed by atoms with E-state index in [0.29, 0.717) is 6.08 Å². The summed E-state index contributed by atoms with van der Waals surface area (Å²) in [6, 6.07) is 2.80. The van der Waals surface area contributed by atoms with Gasteiger partial charge in [-0.3, -0.25) is 28.6 Å². The first-order valence-corrected chi connectivity index (χ1v) is 10.8. The minimum absolute atomic E-state index is 0.0847. The lowest BCUT2D eigenvalue weighted by molar-refractivity contribution is -0.384. The number of non-ortho nitro benzene ring substituents is 1. The first-order valence-electron chi connectivity index (χ1n) is 7.92. The molecule has 0 bridgehead atoms. The van der Waals surface area contributed by atoms with Gasteiger partial charge in [0.2, 0.25) is 15.9 Å². The third kappa shape index (κ3) is 4.49. The zero-order chi connectivity index (χ0) is 23.1. The molecular weight excluding hydrogens is 458 g/mol. The van der Waals surface area contributed by atoms with E-state index < -0.39 is 63.5 Å². The zero-order valence-electron chi connectivity index (χ0n) is 14.9. The van der Waals surface area contributed by atoms with Crippen molar-refractivity contribution in [1.29, 1.82) is 0 Å². The minimum Gasteiger partial charge on any atom is -0.506 e. The average Bonchev–Trinajstić information content (AvgIpc) is 2.65. The highest BCUT2D eigenvalue weighted by Crippen LogP contribution is 2.35. The van der Waals surface area contributed by atoms with Crippen LogP contribution in [0.4, 0.5) is 11.4 Å². The lowest BCUT2D eigenvalue weighted by Crippen LogP contribution is -2.21. The van der Waals surface area contributed by atoms with Crippen LogP contribution in [0.3, 0.4) is 0 Å². The maximum Gasteiger partial charge on any atom is 0.298 e. The second-order valence-corrected chi connectivity index (χ2v) is 8.89. The van der Waals surface area contributed by atoms with E-state index in [1.807, 2.05) is 0 Å². The van der Waals surface area contributed by atoms with Crippen LogP contribution in [0.5, 0.6) is 5.75 Å². The van der Waals surface area contributed by atoms with Gasteiger partial charge in [0.05, 0.1) is 9.79 Å². The first kappa shape index (κ1) is 22.2. The maximum atomic E-state index is 12.6. The summed E-state index contributed by atoms with van der Waals surface area (Å²) in [6.45, 7) is 0. The number of nitro benzene ring substituents is 1. The predicted molar refractivity (Wildman–Crippen MR) is 107 cm³/mol. The van der Waals surface area contributed by atoms with E-state index in [1.165, 1.54) is 0 Å². The van der Waals surface area contributed by atoms with Gasteiger partial charge in [0, 0.05) is 17.7 Å². The molecule has 1 aromatic carbocycles. The molecule has 0 aliphatic heterocycles. The lowest BCUT2D eigenvalue weighted by atomic mass is 9.92. The van der Waals surface area contributed by atoms with Crippen molar-refractivity contribution in [3.63, 3.8) is 0 Å². The Morgan fingerprint density at radius 1 is 1.00 bits per heavy atom. The van der Waals surface area contributed by atoms with E-state index >= 15 is 0 Å². The van der Waals surface area contributed by atoms with E-state index in [0.717, 1.165) is 36.4 Å². The number of phenols is 1. The summed E-state index contributed by atoms with van der Waals surface area (Å²) in [6.07, 6.45) is 3.66. The van der Waals surface area contributed by atoms with Crippen LogP contribution in [0, 0.1) is 10.1 Å². The Morgan fingerprint density at radius 2 is 1.68 bits per heavy atom. The number of benzene rings is 1. The molecule has 0 atom stereocenters. The van der Waals surface area contributed by atoms with Gasteiger partial charge in [0.1, 0.15) is 22.0 Å². The number of nitro groups is 1. The molecule has 0 amide bonds. The summed E-state index contributed by atoms with van der Waals surface area (Å²) in [5.74, 6) is -1.82. The molecule has 0 heterocycles. The molecule has 15 heteroatoms. The number of ketones is 1. The van der Waals surface area contributed by atoms with Crippen LogP contribution in [0.2, 0.25) is 0 Å². The number of allylic oxidation sites excluding steroid dienone is 7. The SMILES string of the molecule is O=C1C(S(=O)(=O)O)=CC2=CC(=S(=O)(O)O)C=CC2=C1N=Nc1cc([N+](=O)[O-])ccc1O. The number of azo groups is 1. The number of hydrogen-bond donors (Lipinski definition) is 4. The van der Waals surface area contributed by atoms with Crippen molar-refractivity contribution in [2.75, 3.05) is 0 Å². The van der Waals surface area contributed by atoms with Gasteiger partial charge in [-0.15, -0.1) is 10.2 Å². The van der Waals surface area contributed by atoms with Crippen LogP contribution >= 0.6 is 0 Å². The van der Waals surface area contributed by atoms with Gasteiger partial charge in [-0.25, -0.2) is 4.21 Å². The van der Waals surface area contributed by atoms with Gasteiger partial charge < -0.3 is 5.11 Å². The third-order valence-electron chi connectivity index (χ3n) is 4.02. The molecule has 2 aliphatic carbocycles. The van der Waals surface area contributed by atoms with Crippen molar-refractivity contribution in [3.8, 4) is 5.75 Å². The second-order valence-electron chi connectivity index (χ2n) is 6.04. The van der Waals surface area contributed by atoms with Crippen LogP contribution in [0.1, 0.15) is 0 Å². The Labute approximate surface area is 174 Å². The van der Waals surface area contributed by atoms with Gasteiger partial charge >= 0.3 is 0 Å². The summed E-state index contributed by atoms with van der Waals surface area (Å²) < 4.78 is 62.6. The second kappa shape index (κ2) is 7.64. The van der Waals surface area contributed by atoms with E-state index in [4.69, 9.17) is 0 Å². The predicted octanol–water partition coefficient (Wildman–Crippen LogP) is 1.89. The van der Waals surface area contributed by atoms with Crippen LogP contribution < -0.4 is 0 Å². The van der Waals surface area contributed by atoms with Gasteiger partial charge in [0.15, 0.2) is 0 Å². The van der Waals surface area contributed by atoms with Gasteiger partial charge in [0.25, 0.3) is 15.8 Å². The number of aromatic hydroxyl groups is 1. The summed E-state index contributed by atoms with van der Waals surface area (Å²) >= 11 is 0. The van der Waals surface area contributed by atoms with Crippen LogP contribution in [-0.4, -0.2) is 47.0 Å². The number of nitrogens with zero attached hydrogens (tertiary/aromatic N) is 3. The van der Waals surface area contributed by atoms with E-state index in [1.54, 1.807) is 0 Å². The minimum atomic E-state index is -5.05. The summed E-state index contributed by atoms with van der Waals surface area (Å²) in [7, 11) is -9.48. The van der Waals surface area contributed by atoms with Crippen molar-refractivity contribution in [1.82, 2.24) is 0 Å². The molecule has 13 nitrogen and oxygen atoms in total. The molecule has 3 rings (SSSR count). The largest absolute Gasteiger partial charge is 0.506 e. The zero-order valence-corrected chi connectivity index (χ0v) is 16.6. The molecule has 2 aliphatic rings. The fraction of sp³-hybridized carbons (Fsp3) is 0. The number of hydrogen-bond acceptors (Lipinski definition) is 9. The number of fused-ring (bicyclic) bond motifs is 1. The van der Waals surface area contributed by atoms with Gasteiger partial charge in [-0.2, -0.15) is 8.42 Å². The van der Waals surface area contributed by atoms with Gasteiger partial charge in [-0.1, -0.05) is 6.08 Å². The molecule has 0 saturated carbocycles. The highest BCUT2D eigenvalue weighted by molar-refractivity contribution is 7.92. The topological polar surface area (TPSA) is 217 Å². The molecule has 31 heavy (non-hydrogen) atoms. The molecular formula is C16H11N3O10S2. The number of carbonyl (C=O) groups excluding carboxylic acids is 1.